The van der Waals surface area contributed by atoms with Crippen molar-refractivity contribution in [3.05, 3.63) is 41.7 Å². The van der Waals surface area contributed by atoms with Gasteiger partial charge in [0, 0.05) is 12.6 Å². The number of benzene rings is 1. The largest absolute Gasteiger partial charge is 0.497 e. The lowest BCUT2D eigenvalue weighted by atomic mass is 10.2. The van der Waals surface area contributed by atoms with Crippen LogP contribution < -0.4 is 10.1 Å². The summed E-state index contributed by atoms with van der Waals surface area (Å²) in [6.07, 6.45) is 0. The Hall–Kier alpha value is -2.34. The highest BCUT2D eigenvalue weighted by molar-refractivity contribution is 5.93. The van der Waals surface area contributed by atoms with Gasteiger partial charge < -0.3 is 14.6 Å². The summed E-state index contributed by atoms with van der Waals surface area (Å²) in [4.78, 5) is 14.2. The highest BCUT2D eigenvalue weighted by atomic mass is 16.5. The van der Waals surface area contributed by atoms with E-state index >= 15 is 0 Å². The normalized spacial score (nSPS) is 12.2. The Balaban J connectivity index is 1.92. The third-order valence-electron chi connectivity index (χ3n) is 3.51. The average Bonchev–Trinajstić information content (AvgIpc) is 2.92. The maximum atomic E-state index is 12.2. The van der Waals surface area contributed by atoms with E-state index in [1.807, 2.05) is 43.1 Å². The lowest BCUT2D eigenvalue weighted by molar-refractivity contribution is -0.120. The second kappa shape index (κ2) is 7.09. The topological polar surface area (TPSA) is 67.6 Å². The quantitative estimate of drug-likeness (QED) is 0.888. The fourth-order valence-corrected chi connectivity index (χ4v) is 2.01. The van der Waals surface area contributed by atoms with Gasteiger partial charge >= 0.3 is 0 Å². The number of carbonyl (C=O) groups excluding carboxylic acids is 1. The number of nitrogens with one attached hydrogen (secondary N) is 1. The van der Waals surface area contributed by atoms with Gasteiger partial charge in [0.2, 0.25) is 5.91 Å². The van der Waals surface area contributed by atoms with Gasteiger partial charge in [-0.3, -0.25) is 9.69 Å². The van der Waals surface area contributed by atoms with Gasteiger partial charge in [-0.1, -0.05) is 17.3 Å². The summed E-state index contributed by atoms with van der Waals surface area (Å²) in [5.41, 5.74) is 1.11. The molecule has 1 aromatic carbocycles. The van der Waals surface area contributed by atoms with Crippen LogP contribution in [0.5, 0.6) is 5.75 Å². The monoisotopic (exact) mass is 303 g/mol. The molecule has 0 aliphatic rings. The first-order valence-electron chi connectivity index (χ1n) is 7.07. The van der Waals surface area contributed by atoms with Crippen molar-refractivity contribution in [2.24, 2.45) is 0 Å². The van der Waals surface area contributed by atoms with E-state index in [-0.39, 0.29) is 11.9 Å². The van der Waals surface area contributed by atoms with E-state index in [1.54, 1.807) is 20.1 Å². The molecule has 1 heterocycles. The lowest BCUT2D eigenvalue weighted by Gasteiger charge is -2.23. The van der Waals surface area contributed by atoms with Crippen molar-refractivity contribution in [3.8, 4) is 5.75 Å². The summed E-state index contributed by atoms with van der Waals surface area (Å²) in [5, 5.41) is 6.50. The minimum atomic E-state index is -0.292. The molecule has 0 radical (unpaired) electrons. The summed E-state index contributed by atoms with van der Waals surface area (Å²) in [6.45, 7) is 4.30. The molecule has 0 bridgehead atoms. The first-order valence-corrected chi connectivity index (χ1v) is 7.07. The van der Waals surface area contributed by atoms with Crippen LogP contribution in [0.2, 0.25) is 0 Å². The highest BCUT2D eigenvalue weighted by Gasteiger charge is 2.19. The van der Waals surface area contributed by atoms with Crippen molar-refractivity contribution >= 4 is 11.7 Å². The van der Waals surface area contributed by atoms with Gasteiger partial charge in [-0.2, -0.15) is 0 Å². The molecular weight excluding hydrogens is 282 g/mol. The SMILES string of the molecule is COc1ccc(CN(C)C(C)C(=O)Nc2cc(C)on2)cc1. The van der Waals surface area contributed by atoms with E-state index in [2.05, 4.69) is 10.5 Å². The van der Waals surface area contributed by atoms with E-state index < -0.39 is 0 Å². The summed E-state index contributed by atoms with van der Waals surface area (Å²) in [6, 6.07) is 9.19. The molecule has 0 saturated heterocycles. The molecule has 1 atom stereocenters. The fraction of sp³-hybridized carbons (Fsp3) is 0.375. The number of hydrogen-bond donors (Lipinski definition) is 1. The van der Waals surface area contributed by atoms with Crippen molar-refractivity contribution < 1.29 is 14.1 Å². The van der Waals surface area contributed by atoms with E-state index in [4.69, 9.17) is 9.26 Å². The van der Waals surface area contributed by atoms with E-state index in [0.717, 1.165) is 11.3 Å². The number of likely N-dealkylation sites (N-methyl/N-ethyl adjacent to an activating group) is 1. The van der Waals surface area contributed by atoms with E-state index in [9.17, 15) is 4.79 Å². The molecule has 118 valence electrons. The number of nitrogens with zero attached hydrogens (tertiary/aromatic N) is 2. The van der Waals surface area contributed by atoms with Crippen LogP contribution in [0.3, 0.4) is 0 Å². The smallest absolute Gasteiger partial charge is 0.242 e. The average molecular weight is 303 g/mol. The molecule has 0 saturated carbocycles. The maximum absolute atomic E-state index is 12.2. The number of aromatic nitrogens is 1. The summed E-state index contributed by atoms with van der Waals surface area (Å²) < 4.78 is 10.1. The first-order chi connectivity index (χ1) is 10.5. The molecule has 0 aliphatic carbocycles. The Morgan fingerprint density at radius 2 is 2.09 bits per heavy atom. The van der Waals surface area contributed by atoms with Crippen LogP contribution in [0.15, 0.2) is 34.9 Å². The number of aryl methyl sites for hydroxylation is 1. The van der Waals surface area contributed by atoms with E-state index in [1.165, 1.54) is 0 Å². The fourth-order valence-electron chi connectivity index (χ4n) is 2.01. The zero-order valence-electron chi connectivity index (χ0n) is 13.3. The molecule has 0 spiro atoms. The van der Waals surface area contributed by atoms with Gasteiger partial charge in [-0.05, 0) is 38.6 Å². The summed E-state index contributed by atoms with van der Waals surface area (Å²) >= 11 is 0. The minimum Gasteiger partial charge on any atom is -0.497 e. The second-order valence-corrected chi connectivity index (χ2v) is 5.25. The van der Waals surface area contributed by atoms with Crippen molar-refractivity contribution in [2.75, 3.05) is 19.5 Å². The molecule has 1 aromatic heterocycles. The molecule has 0 aliphatic heterocycles. The number of hydrogen-bond acceptors (Lipinski definition) is 5. The molecule has 2 aromatic rings. The maximum Gasteiger partial charge on any atom is 0.242 e. The second-order valence-electron chi connectivity index (χ2n) is 5.25. The number of rotatable bonds is 6. The van der Waals surface area contributed by atoms with Gasteiger partial charge in [0.1, 0.15) is 11.5 Å². The Bertz CT molecular complexity index is 622. The predicted molar refractivity (Wildman–Crippen MR) is 83.8 cm³/mol. The molecular formula is C16H21N3O3. The summed E-state index contributed by atoms with van der Waals surface area (Å²) in [7, 11) is 3.54. The van der Waals surface area contributed by atoms with Crippen LogP contribution in [0, 0.1) is 6.92 Å². The molecule has 1 N–H and O–H groups in total. The first kappa shape index (κ1) is 16.0. The molecule has 1 amide bonds. The van der Waals surface area contributed by atoms with Gasteiger partial charge in [0.15, 0.2) is 5.82 Å². The lowest BCUT2D eigenvalue weighted by Crippen LogP contribution is -2.39. The predicted octanol–water partition coefficient (Wildman–Crippen LogP) is 2.45. The van der Waals surface area contributed by atoms with E-state index in [0.29, 0.717) is 18.1 Å². The third kappa shape index (κ3) is 4.08. The Morgan fingerprint density at radius 3 is 2.64 bits per heavy atom. The van der Waals surface area contributed by atoms with Crippen molar-refractivity contribution in [3.63, 3.8) is 0 Å². The number of anilines is 1. The van der Waals surface area contributed by atoms with Crippen LogP contribution >= 0.6 is 0 Å². The molecule has 1 unspecified atom stereocenters. The zero-order chi connectivity index (χ0) is 16.1. The van der Waals surface area contributed by atoms with Gasteiger partial charge in [-0.15, -0.1) is 0 Å². The van der Waals surface area contributed by atoms with Crippen molar-refractivity contribution in [1.29, 1.82) is 0 Å². The van der Waals surface area contributed by atoms with Crippen LogP contribution in [0.4, 0.5) is 5.82 Å². The number of ether oxygens (including phenoxy) is 1. The van der Waals surface area contributed by atoms with Gasteiger partial charge in [-0.25, -0.2) is 0 Å². The molecule has 2 rings (SSSR count). The standard InChI is InChI=1S/C16H21N3O3/c1-11-9-15(18-22-11)17-16(20)12(2)19(3)10-13-5-7-14(21-4)8-6-13/h5-9,12H,10H2,1-4H3,(H,17,18,20). The minimum absolute atomic E-state index is 0.121. The molecule has 6 heteroatoms. The highest BCUT2D eigenvalue weighted by Crippen LogP contribution is 2.14. The van der Waals surface area contributed by atoms with Crippen LogP contribution in [-0.4, -0.2) is 36.2 Å². The Labute approximate surface area is 130 Å². The van der Waals surface area contributed by atoms with Gasteiger partial charge in [0.25, 0.3) is 0 Å². The summed E-state index contributed by atoms with van der Waals surface area (Å²) in [5.74, 6) is 1.80. The number of carbonyl (C=O) groups is 1. The van der Waals surface area contributed by atoms with Crippen LogP contribution in [0.25, 0.3) is 0 Å². The molecule has 6 nitrogen and oxygen atoms in total. The number of amides is 1. The van der Waals surface area contributed by atoms with Crippen LogP contribution in [-0.2, 0) is 11.3 Å². The Morgan fingerprint density at radius 1 is 1.41 bits per heavy atom. The molecule has 22 heavy (non-hydrogen) atoms. The third-order valence-corrected chi connectivity index (χ3v) is 3.51. The van der Waals surface area contributed by atoms with Gasteiger partial charge in [0.05, 0.1) is 13.2 Å². The van der Waals surface area contributed by atoms with Crippen LogP contribution in [0.1, 0.15) is 18.2 Å². The molecule has 0 fully saturated rings. The van der Waals surface area contributed by atoms with Crippen molar-refractivity contribution in [2.45, 2.75) is 26.4 Å². The van der Waals surface area contributed by atoms with Crippen molar-refractivity contribution in [1.82, 2.24) is 10.1 Å². The Kier molecular flexibility index (Phi) is 5.16. The number of methoxy groups -OCH3 is 1. The zero-order valence-corrected chi connectivity index (χ0v) is 13.3.